The van der Waals surface area contributed by atoms with Crippen LogP contribution in [0.2, 0.25) is 0 Å². The van der Waals surface area contributed by atoms with Gasteiger partial charge in [-0.1, -0.05) is 34.8 Å². The molecule has 1 aliphatic heterocycles. The quantitative estimate of drug-likeness (QED) is 0.795. The summed E-state index contributed by atoms with van der Waals surface area (Å²) in [4.78, 5) is 14.4. The standard InChI is InChI=1S/C16H21Cl3N2O3/c1-10-8-21(9-11(2)24-10)15(16(17,18)19)20-14(22)12-4-6-13(23-3)7-5-12/h4-7,10-11,15H,8-9H2,1-3H3,(H,20,22)/t10-,11-,15+/m0/s1. The fourth-order valence-corrected chi connectivity index (χ4v) is 3.34. The topological polar surface area (TPSA) is 50.8 Å². The normalized spacial score (nSPS) is 23.6. The van der Waals surface area contributed by atoms with Crippen LogP contribution in [0.1, 0.15) is 24.2 Å². The number of ether oxygens (including phenoxy) is 2. The summed E-state index contributed by atoms with van der Waals surface area (Å²) in [6.45, 7) is 5.02. The van der Waals surface area contributed by atoms with Gasteiger partial charge in [0.25, 0.3) is 5.91 Å². The number of hydrogen-bond acceptors (Lipinski definition) is 4. The molecule has 1 saturated heterocycles. The Bertz CT molecular complexity index is 553. The number of morpholine rings is 1. The molecule has 0 radical (unpaired) electrons. The molecule has 1 N–H and O–H groups in total. The van der Waals surface area contributed by atoms with Gasteiger partial charge in [-0.15, -0.1) is 0 Å². The Morgan fingerprint density at radius 3 is 2.25 bits per heavy atom. The summed E-state index contributed by atoms with van der Waals surface area (Å²) in [7, 11) is 1.56. The second-order valence-corrected chi connectivity index (χ2v) is 8.23. The number of nitrogens with zero attached hydrogens (tertiary/aromatic N) is 1. The molecule has 1 aromatic carbocycles. The van der Waals surface area contributed by atoms with Crippen molar-refractivity contribution >= 4 is 40.7 Å². The number of benzene rings is 1. The third kappa shape index (κ3) is 5.14. The number of halogens is 3. The maximum absolute atomic E-state index is 12.5. The summed E-state index contributed by atoms with van der Waals surface area (Å²) in [6, 6.07) is 6.73. The van der Waals surface area contributed by atoms with Gasteiger partial charge < -0.3 is 14.8 Å². The zero-order chi connectivity index (χ0) is 17.9. The fourth-order valence-electron chi connectivity index (χ4n) is 2.76. The Hall–Kier alpha value is -0.720. The van der Waals surface area contributed by atoms with E-state index in [0.717, 1.165) is 0 Å². The van der Waals surface area contributed by atoms with Crippen LogP contribution in [0.5, 0.6) is 5.75 Å². The molecule has 1 aromatic rings. The summed E-state index contributed by atoms with van der Waals surface area (Å²) < 4.78 is 9.11. The van der Waals surface area contributed by atoms with Gasteiger partial charge in [0, 0.05) is 18.7 Å². The van der Waals surface area contributed by atoms with Crippen molar-refractivity contribution in [3.8, 4) is 5.75 Å². The molecule has 0 unspecified atom stereocenters. The first-order valence-electron chi connectivity index (χ1n) is 7.62. The molecule has 24 heavy (non-hydrogen) atoms. The van der Waals surface area contributed by atoms with E-state index in [9.17, 15) is 4.79 Å². The van der Waals surface area contributed by atoms with Crippen LogP contribution < -0.4 is 10.1 Å². The van der Waals surface area contributed by atoms with Crippen molar-refractivity contribution in [3.05, 3.63) is 29.8 Å². The number of methoxy groups -OCH3 is 1. The number of alkyl halides is 3. The predicted octanol–water partition coefficient (Wildman–Crippen LogP) is 3.23. The lowest BCUT2D eigenvalue weighted by Gasteiger charge is -2.42. The molecule has 2 rings (SSSR count). The summed E-state index contributed by atoms with van der Waals surface area (Å²) in [5.74, 6) is 0.348. The lowest BCUT2D eigenvalue weighted by molar-refractivity contribution is -0.0826. The van der Waals surface area contributed by atoms with Gasteiger partial charge in [-0.3, -0.25) is 9.69 Å². The minimum Gasteiger partial charge on any atom is -0.497 e. The number of rotatable bonds is 4. The van der Waals surface area contributed by atoms with E-state index >= 15 is 0 Å². The Labute approximate surface area is 157 Å². The highest BCUT2D eigenvalue weighted by Gasteiger charge is 2.41. The van der Waals surface area contributed by atoms with Gasteiger partial charge in [0.2, 0.25) is 3.79 Å². The molecule has 1 amide bonds. The van der Waals surface area contributed by atoms with Gasteiger partial charge in [0.15, 0.2) is 0 Å². The van der Waals surface area contributed by atoms with Crippen molar-refractivity contribution in [2.45, 2.75) is 36.0 Å². The molecule has 0 saturated carbocycles. The van der Waals surface area contributed by atoms with Gasteiger partial charge in [0.05, 0.1) is 19.3 Å². The van der Waals surface area contributed by atoms with E-state index in [0.29, 0.717) is 24.4 Å². The first kappa shape index (κ1) is 19.6. The molecule has 1 aliphatic rings. The third-order valence-corrected chi connectivity index (χ3v) is 4.36. The Morgan fingerprint density at radius 1 is 1.25 bits per heavy atom. The highest BCUT2D eigenvalue weighted by atomic mass is 35.6. The van der Waals surface area contributed by atoms with Gasteiger partial charge in [0.1, 0.15) is 11.9 Å². The Morgan fingerprint density at radius 2 is 1.79 bits per heavy atom. The molecule has 1 heterocycles. The average Bonchev–Trinajstić information content (AvgIpc) is 2.50. The second kappa shape index (κ2) is 8.11. The Balaban J connectivity index is 2.14. The molecule has 0 aromatic heterocycles. The minimum atomic E-state index is -1.67. The molecule has 5 nitrogen and oxygen atoms in total. The van der Waals surface area contributed by atoms with Crippen LogP contribution in [-0.4, -0.2) is 53.2 Å². The maximum Gasteiger partial charge on any atom is 0.252 e. The van der Waals surface area contributed by atoms with Crippen molar-refractivity contribution in [2.75, 3.05) is 20.2 Å². The minimum absolute atomic E-state index is 0.0125. The van der Waals surface area contributed by atoms with Gasteiger partial charge in [-0.05, 0) is 38.1 Å². The summed E-state index contributed by atoms with van der Waals surface area (Å²) >= 11 is 18.4. The van der Waals surface area contributed by atoms with Crippen LogP contribution in [0, 0.1) is 0 Å². The highest BCUT2D eigenvalue weighted by Crippen LogP contribution is 2.33. The van der Waals surface area contributed by atoms with Crippen LogP contribution >= 0.6 is 34.8 Å². The van der Waals surface area contributed by atoms with Crippen molar-refractivity contribution in [2.24, 2.45) is 0 Å². The molecule has 0 spiro atoms. The van der Waals surface area contributed by atoms with E-state index < -0.39 is 9.96 Å². The predicted molar refractivity (Wildman–Crippen MR) is 96.1 cm³/mol. The monoisotopic (exact) mass is 394 g/mol. The molecule has 0 bridgehead atoms. The highest BCUT2D eigenvalue weighted by molar-refractivity contribution is 6.68. The van der Waals surface area contributed by atoms with Gasteiger partial charge in [-0.2, -0.15) is 0 Å². The van der Waals surface area contributed by atoms with Crippen molar-refractivity contribution in [3.63, 3.8) is 0 Å². The smallest absolute Gasteiger partial charge is 0.252 e. The van der Waals surface area contributed by atoms with E-state index in [1.807, 2.05) is 18.7 Å². The van der Waals surface area contributed by atoms with Crippen molar-refractivity contribution in [1.82, 2.24) is 10.2 Å². The molecule has 1 fully saturated rings. The molecule has 0 aliphatic carbocycles. The summed E-state index contributed by atoms with van der Waals surface area (Å²) in [6.07, 6.45) is -0.783. The lowest BCUT2D eigenvalue weighted by atomic mass is 10.2. The van der Waals surface area contributed by atoms with Crippen LogP contribution in [-0.2, 0) is 4.74 Å². The number of hydrogen-bond donors (Lipinski definition) is 1. The Kier molecular flexibility index (Phi) is 6.62. The number of carbonyl (C=O) groups excluding carboxylic acids is 1. The van der Waals surface area contributed by atoms with E-state index in [1.165, 1.54) is 0 Å². The first-order valence-corrected chi connectivity index (χ1v) is 8.75. The largest absolute Gasteiger partial charge is 0.497 e. The number of carbonyl (C=O) groups is 1. The van der Waals surface area contributed by atoms with Crippen molar-refractivity contribution < 1.29 is 14.3 Å². The van der Waals surface area contributed by atoms with Crippen LogP contribution in [0.4, 0.5) is 0 Å². The van der Waals surface area contributed by atoms with E-state index in [-0.39, 0.29) is 18.1 Å². The van der Waals surface area contributed by atoms with E-state index in [4.69, 9.17) is 44.3 Å². The van der Waals surface area contributed by atoms with Crippen molar-refractivity contribution in [1.29, 1.82) is 0 Å². The number of nitrogens with one attached hydrogen (secondary N) is 1. The van der Waals surface area contributed by atoms with Crippen LogP contribution in [0.3, 0.4) is 0 Å². The maximum atomic E-state index is 12.5. The molecule has 134 valence electrons. The van der Waals surface area contributed by atoms with Gasteiger partial charge in [-0.25, -0.2) is 0 Å². The molecular weight excluding hydrogens is 375 g/mol. The third-order valence-electron chi connectivity index (χ3n) is 3.74. The zero-order valence-corrected chi connectivity index (χ0v) is 16.0. The van der Waals surface area contributed by atoms with Crippen LogP contribution in [0.15, 0.2) is 24.3 Å². The molecular formula is C16H21Cl3N2O3. The van der Waals surface area contributed by atoms with Crippen LogP contribution in [0.25, 0.3) is 0 Å². The second-order valence-electron chi connectivity index (χ2n) is 5.86. The van der Waals surface area contributed by atoms with E-state index in [2.05, 4.69) is 5.32 Å². The summed E-state index contributed by atoms with van der Waals surface area (Å²) in [5, 5.41) is 2.82. The molecule has 8 heteroatoms. The first-order chi connectivity index (χ1) is 11.2. The zero-order valence-electron chi connectivity index (χ0n) is 13.8. The number of amides is 1. The fraction of sp³-hybridized carbons (Fsp3) is 0.562. The average molecular weight is 396 g/mol. The SMILES string of the molecule is COc1ccc(C(=O)N[C@H](N2C[C@H](C)O[C@@H](C)C2)C(Cl)(Cl)Cl)cc1. The van der Waals surface area contributed by atoms with E-state index in [1.54, 1.807) is 31.4 Å². The lowest BCUT2D eigenvalue weighted by Crippen LogP contribution is -2.60. The summed E-state index contributed by atoms with van der Waals surface area (Å²) in [5.41, 5.74) is 0.462. The van der Waals surface area contributed by atoms with Gasteiger partial charge >= 0.3 is 0 Å². The molecule has 3 atom stereocenters.